The van der Waals surface area contributed by atoms with E-state index in [9.17, 15) is 24.3 Å². The van der Waals surface area contributed by atoms with Crippen LogP contribution >= 0.6 is 0 Å². The maximum absolute atomic E-state index is 12.7. The number of hydrogen-bond donors (Lipinski definition) is 1. The summed E-state index contributed by atoms with van der Waals surface area (Å²) in [5.74, 6) is -1.69. The van der Waals surface area contributed by atoms with Crippen LogP contribution in [-0.4, -0.2) is 50.7 Å². The van der Waals surface area contributed by atoms with E-state index in [1.54, 1.807) is 24.3 Å². The van der Waals surface area contributed by atoms with Gasteiger partial charge in [-0.05, 0) is 37.5 Å². The first-order chi connectivity index (χ1) is 11.9. The molecule has 1 saturated heterocycles. The Morgan fingerprint density at radius 3 is 2.20 bits per heavy atom. The van der Waals surface area contributed by atoms with Crippen molar-refractivity contribution in [2.75, 3.05) is 0 Å². The molecule has 1 aliphatic heterocycles. The summed E-state index contributed by atoms with van der Waals surface area (Å²) >= 11 is 0. The summed E-state index contributed by atoms with van der Waals surface area (Å²) in [5.41, 5.74) is 1.16. The van der Waals surface area contributed by atoms with Crippen molar-refractivity contribution in [2.24, 2.45) is 0 Å². The van der Waals surface area contributed by atoms with Crippen LogP contribution < -0.4 is 0 Å². The van der Waals surface area contributed by atoms with E-state index in [4.69, 9.17) is 0 Å². The van der Waals surface area contributed by atoms with Gasteiger partial charge in [0.05, 0.1) is 6.54 Å². The number of hydrogen-bond acceptors (Lipinski definition) is 4. The molecule has 1 aromatic carbocycles. The number of carbonyl (C=O) groups is 4. The molecule has 2 fully saturated rings. The number of carbonyl (C=O) groups excluding carboxylic acids is 3. The molecule has 3 amide bonds. The molecule has 3 rings (SSSR count). The van der Waals surface area contributed by atoms with Crippen LogP contribution in [0.5, 0.6) is 0 Å². The second-order valence-corrected chi connectivity index (χ2v) is 6.53. The molecule has 132 valence electrons. The molecule has 1 N–H and O–H groups in total. The summed E-state index contributed by atoms with van der Waals surface area (Å²) in [5, 5.41) is 9.21. The zero-order valence-corrected chi connectivity index (χ0v) is 14.0. The highest BCUT2D eigenvalue weighted by atomic mass is 16.4. The number of benzene rings is 1. The monoisotopic (exact) mass is 344 g/mol. The lowest BCUT2D eigenvalue weighted by Gasteiger charge is -2.26. The van der Waals surface area contributed by atoms with Crippen LogP contribution in [0.3, 0.4) is 0 Å². The molecule has 1 saturated carbocycles. The molecule has 7 nitrogen and oxygen atoms in total. The van der Waals surface area contributed by atoms with E-state index in [0.717, 1.165) is 18.4 Å². The third-order valence-electron chi connectivity index (χ3n) is 4.65. The lowest BCUT2D eigenvalue weighted by atomic mass is 10.1. The summed E-state index contributed by atoms with van der Waals surface area (Å²) in [6.07, 6.45) is 2.14. The Morgan fingerprint density at radius 2 is 1.72 bits per heavy atom. The van der Waals surface area contributed by atoms with E-state index in [1.807, 2.05) is 0 Å². The smallest absolute Gasteiger partial charge is 0.326 e. The van der Waals surface area contributed by atoms with Crippen molar-refractivity contribution in [3.05, 3.63) is 35.4 Å². The molecule has 25 heavy (non-hydrogen) atoms. The molecule has 0 spiro atoms. The van der Waals surface area contributed by atoms with Crippen molar-refractivity contribution >= 4 is 23.7 Å². The number of imide groups is 1. The summed E-state index contributed by atoms with van der Waals surface area (Å²) in [4.78, 5) is 49.9. The predicted octanol–water partition coefficient (Wildman–Crippen LogP) is 1.41. The first-order valence-corrected chi connectivity index (χ1v) is 8.36. The van der Waals surface area contributed by atoms with E-state index in [-0.39, 0.29) is 43.1 Å². The molecular formula is C18H20N2O5. The predicted molar refractivity (Wildman–Crippen MR) is 87.5 cm³/mol. The average Bonchev–Trinajstić information content (AvgIpc) is 3.37. The van der Waals surface area contributed by atoms with Gasteiger partial charge in [0.2, 0.25) is 11.8 Å². The Balaban J connectivity index is 1.72. The second kappa shape index (κ2) is 6.66. The van der Waals surface area contributed by atoms with Gasteiger partial charge in [0.15, 0.2) is 0 Å². The summed E-state index contributed by atoms with van der Waals surface area (Å²) in [7, 11) is 0. The van der Waals surface area contributed by atoms with Gasteiger partial charge in [-0.3, -0.25) is 19.3 Å². The lowest BCUT2D eigenvalue weighted by molar-refractivity contribution is -0.142. The molecular weight excluding hydrogens is 324 g/mol. The highest BCUT2D eigenvalue weighted by Gasteiger charge is 2.38. The SMILES string of the molecule is CC(C(=O)O)N(C(=O)c1ccc(CN2C(=O)CCC2=O)cc1)C1CC1. The Labute approximate surface area is 145 Å². The third-order valence-corrected chi connectivity index (χ3v) is 4.65. The van der Waals surface area contributed by atoms with E-state index < -0.39 is 12.0 Å². The van der Waals surface area contributed by atoms with Gasteiger partial charge in [-0.1, -0.05) is 12.1 Å². The van der Waals surface area contributed by atoms with Crippen molar-refractivity contribution in [3.63, 3.8) is 0 Å². The third kappa shape index (κ3) is 3.55. The van der Waals surface area contributed by atoms with E-state index in [2.05, 4.69) is 0 Å². The van der Waals surface area contributed by atoms with Gasteiger partial charge in [0.25, 0.3) is 5.91 Å². The zero-order chi connectivity index (χ0) is 18.1. The number of carboxylic acid groups (broad SMARTS) is 1. The van der Waals surface area contributed by atoms with Crippen molar-refractivity contribution in [1.29, 1.82) is 0 Å². The van der Waals surface area contributed by atoms with Crippen LogP contribution in [0.25, 0.3) is 0 Å². The number of amides is 3. The van der Waals surface area contributed by atoms with Crippen LogP contribution in [0.4, 0.5) is 0 Å². The zero-order valence-electron chi connectivity index (χ0n) is 14.0. The quantitative estimate of drug-likeness (QED) is 0.788. The summed E-state index contributed by atoms with van der Waals surface area (Å²) in [6.45, 7) is 1.71. The van der Waals surface area contributed by atoms with Gasteiger partial charge < -0.3 is 10.0 Å². The molecule has 0 bridgehead atoms. The Bertz CT molecular complexity index is 707. The number of nitrogens with zero attached hydrogens (tertiary/aromatic N) is 2. The summed E-state index contributed by atoms with van der Waals surface area (Å²) < 4.78 is 0. The van der Waals surface area contributed by atoms with Crippen LogP contribution in [0.1, 0.15) is 48.5 Å². The molecule has 2 aliphatic rings. The fraction of sp³-hybridized carbons (Fsp3) is 0.444. The topological polar surface area (TPSA) is 95.0 Å². The molecule has 1 aliphatic carbocycles. The van der Waals surface area contributed by atoms with Crippen molar-refractivity contribution < 1.29 is 24.3 Å². The van der Waals surface area contributed by atoms with Gasteiger partial charge in [0, 0.05) is 24.4 Å². The number of rotatable bonds is 6. The largest absolute Gasteiger partial charge is 0.480 e. The Morgan fingerprint density at radius 1 is 1.16 bits per heavy atom. The first kappa shape index (κ1) is 17.1. The minimum atomic E-state index is -1.03. The molecule has 0 aromatic heterocycles. The van der Waals surface area contributed by atoms with Crippen molar-refractivity contribution in [1.82, 2.24) is 9.80 Å². The molecule has 7 heteroatoms. The van der Waals surface area contributed by atoms with Gasteiger partial charge in [-0.15, -0.1) is 0 Å². The minimum absolute atomic E-state index is 0.0156. The van der Waals surface area contributed by atoms with Gasteiger partial charge >= 0.3 is 5.97 Å². The van der Waals surface area contributed by atoms with E-state index >= 15 is 0 Å². The van der Waals surface area contributed by atoms with Crippen LogP contribution in [0.15, 0.2) is 24.3 Å². The first-order valence-electron chi connectivity index (χ1n) is 8.36. The molecule has 1 aromatic rings. The van der Waals surface area contributed by atoms with Gasteiger partial charge in [-0.2, -0.15) is 0 Å². The fourth-order valence-corrected chi connectivity index (χ4v) is 3.01. The number of carboxylic acids is 1. The van der Waals surface area contributed by atoms with Gasteiger partial charge in [-0.25, -0.2) is 4.79 Å². The molecule has 0 radical (unpaired) electrons. The average molecular weight is 344 g/mol. The normalized spacial score (nSPS) is 18.4. The Kier molecular flexibility index (Phi) is 4.57. The second-order valence-electron chi connectivity index (χ2n) is 6.53. The number of aliphatic carboxylic acids is 1. The van der Waals surface area contributed by atoms with Gasteiger partial charge in [0.1, 0.15) is 6.04 Å². The lowest BCUT2D eigenvalue weighted by Crippen LogP contribution is -2.44. The van der Waals surface area contributed by atoms with Crippen molar-refractivity contribution in [2.45, 2.75) is 51.2 Å². The highest BCUT2D eigenvalue weighted by Crippen LogP contribution is 2.30. The fourth-order valence-electron chi connectivity index (χ4n) is 3.01. The van der Waals surface area contributed by atoms with E-state index in [0.29, 0.717) is 5.56 Å². The maximum Gasteiger partial charge on any atom is 0.326 e. The molecule has 1 unspecified atom stereocenters. The van der Waals surface area contributed by atoms with Crippen molar-refractivity contribution in [3.8, 4) is 0 Å². The van der Waals surface area contributed by atoms with Crippen LogP contribution in [0, 0.1) is 0 Å². The van der Waals surface area contributed by atoms with E-state index in [1.165, 1.54) is 16.7 Å². The number of likely N-dealkylation sites (tertiary alicyclic amines) is 1. The Hall–Kier alpha value is -2.70. The van der Waals surface area contributed by atoms with Crippen LogP contribution in [0.2, 0.25) is 0 Å². The molecule has 1 atom stereocenters. The summed E-state index contributed by atoms with van der Waals surface area (Å²) in [6, 6.07) is 5.74. The minimum Gasteiger partial charge on any atom is -0.480 e. The highest BCUT2D eigenvalue weighted by molar-refractivity contribution is 6.02. The van der Waals surface area contributed by atoms with Crippen LogP contribution in [-0.2, 0) is 20.9 Å². The standard InChI is InChI=1S/C18H20N2O5/c1-11(18(24)25)20(14-6-7-14)17(23)13-4-2-12(3-5-13)10-19-15(21)8-9-16(19)22/h2-5,11,14H,6-10H2,1H3,(H,24,25). The molecule has 1 heterocycles. The maximum atomic E-state index is 12.7.